The van der Waals surface area contributed by atoms with Crippen LogP contribution in [0.3, 0.4) is 0 Å². The van der Waals surface area contributed by atoms with Crippen LogP contribution in [0, 0.1) is 0 Å². The van der Waals surface area contributed by atoms with Gasteiger partial charge in [0.05, 0.1) is 21.8 Å². The van der Waals surface area contributed by atoms with Gasteiger partial charge in [0.1, 0.15) is 10.6 Å². The van der Waals surface area contributed by atoms with Crippen LogP contribution in [0.25, 0.3) is 20.8 Å². The largest absolute Gasteiger partial charge is 0.444 e. The van der Waals surface area contributed by atoms with Crippen LogP contribution in [0.2, 0.25) is 0 Å². The predicted molar refractivity (Wildman–Crippen MR) is 120 cm³/mol. The first-order valence-electron chi connectivity index (χ1n) is 9.08. The number of benzene rings is 1. The summed E-state index contributed by atoms with van der Waals surface area (Å²) in [6, 6.07) is 6.16. The van der Waals surface area contributed by atoms with Gasteiger partial charge in [-0.1, -0.05) is 15.9 Å². The van der Waals surface area contributed by atoms with E-state index < -0.39 is 5.60 Å². The summed E-state index contributed by atoms with van der Waals surface area (Å²) >= 11 is 6.71. The maximum absolute atomic E-state index is 12.6. The lowest BCUT2D eigenvalue weighted by atomic mass is 9.98. The lowest BCUT2D eigenvalue weighted by Crippen LogP contribution is -2.44. The lowest BCUT2D eigenvalue weighted by molar-refractivity contribution is 0.0142. The molecule has 28 heavy (non-hydrogen) atoms. The summed E-state index contributed by atoms with van der Waals surface area (Å²) in [5, 5.41) is 1.71. The van der Waals surface area contributed by atoms with Crippen molar-refractivity contribution in [2.45, 2.75) is 52.3 Å². The molecular weight excluding hydrogens is 458 g/mol. The Bertz CT molecular complexity index is 1070. The SMILES string of the molecule is CC1Cc2c(sc(N)c2-c2nc3cc(Br)ccc3s2)CN1C(=O)OC(C)(C)C. The van der Waals surface area contributed by atoms with Crippen LogP contribution in [0.15, 0.2) is 22.7 Å². The topological polar surface area (TPSA) is 68.5 Å². The van der Waals surface area contributed by atoms with E-state index in [-0.39, 0.29) is 12.1 Å². The van der Waals surface area contributed by atoms with Crippen molar-refractivity contribution in [2.75, 3.05) is 5.73 Å². The van der Waals surface area contributed by atoms with Crippen LogP contribution < -0.4 is 5.73 Å². The van der Waals surface area contributed by atoms with Gasteiger partial charge in [0.2, 0.25) is 0 Å². The number of halogens is 1. The van der Waals surface area contributed by atoms with Gasteiger partial charge in [0.15, 0.2) is 0 Å². The number of fused-ring (bicyclic) bond motifs is 2. The number of thiophene rings is 1. The molecule has 0 saturated heterocycles. The van der Waals surface area contributed by atoms with Gasteiger partial charge in [-0.2, -0.15) is 0 Å². The molecule has 1 aromatic carbocycles. The second-order valence-corrected chi connectivity index (χ2v) is 11.1. The van der Waals surface area contributed by atoms with E-state index in [0.29, 0.717) is 6.54 Å². The van der Waals surface area contributed by atoms with E-state index in [0.717, 1.165) is 41.6 Å². The molecule has 1 amide bonds. The zero-order valence-electron chi connectivity index (χ0n) is 16.2. The Balaban J connectivity index is 1.70. The molecular formula is C20H22BrN3O2S2. The molecule has 1 unspecified atom stereocenters. The Hall–Kier alpha value is -1.64. The average Bonchev–Trinajstić information content (AvgIpc) is 3.11. The summed E-state index contributed by atoms with van der Waals surface area (Å²) in [4.78, 5) is 20.3. The minimum absolute atomic E-state index is 0.0404. The smallest absolute Gasteiger partial charge is 0.410 e. The van der Waals surface area contributed by atoms with Crippen molar-refractivity contribution in [3.8, 4) is 10.6 Å². The van der Waals surface area contributed by atoms with E-state index in [1.54, 1.807) is 27.6 Å². The van der Waals surface area contributed by atoms with Crippen LogP contribution >= 0.6 is 38.6 Å². The van der Waals surface area contributed by atoms with Crippen molar-refractivity contribution in [1.82, 2.24) is 9.88 Å². The molecule has 1 aliphatic heterocycles. The normalized spacial score (nSPS) is 17.0. The van der Waals surface area contributed by atoms with E-state index in [4.69, 9.17) is 15.5 Å². The molecule has 1 atom stereocenters. The third-order valence-electron chi connectivity index (χ3n) is 4.65. The summed E-state index contributed by atoms with van der Waals surface area (Å²) in [5.41, 5.74) is 9.12. The van der Waals surface area contributed by atoms with Gasteiger partial charge < -0.3 is 15.4 Å². The molecule has 3 heterocycles. The van der Waals surface area contributed by atoms with Gasteiger partial charge in [-0.3, -0.25) is 0 Å². The summed E-state index contributed by atoms with van der Waals surface area (Å²) in [5.74, 6) is 0. The number of ether oxygens (including phenoxy) is 1. The van der Waals surface area contributed by atoms with Crippen LogP contribution in [0.4, 0.5) is 9.80 Å². The highest BCUT2D eigenvalue weighted by atomic mass is 79.9. The minimum Gasteiger partial charge on any atom is -0.444 e. The first-order chi connectivity index (χ1) is 13.1. The van der Waals surface area contributed by atoms with Crippen LogP contribution in [-0.2, 0) is 17.7 Å². The first-order valence-corrected chi connectivity index (χ1v) is 11.5. The number of carbonyl (C=O) groups is 1. The Morgan fingerprint density at radius 1 is 1.36 bits per heavy atom. The molecule has 0 bridgehead atoms. The monoisotopic (exact) mass is 479 g/mol. The summed E-state index contributed by atoms with van der Waals surface area (Å²) in [6.07, 6.45) is 0.473. The molecule has 3 aromatic rings. The highest BCUT2D eigenvalue weighted by Crippen LogP contribution is 2.45. The maximum Gasteiger partial charge on any atom is 0.410 e. The van der Waals surface area contributed by atoms with Crippen molar-refractivity contribution in [2.24, 2.45) is 0 Å². The summed E-state index contributed by atoms with van der Waals surface area (Å²) in [7, 11) is 0. The number of anilines is 1. The van der Waals surface area contributed by atoms with Crippen LogP contribution in [0.1, 0.15) is 38.1 Å². The molecule has 0 radical (unpaired) electrons. The molecule has 0 saturated carbocycles. The lowest BCUT2D eigenvalue weighted by Gasteiger charge is -2.35. The van der Waals surface area contributed by atoms with E-state index in [2.05, 4.69) is 28.9 Å². The van der Waals surface area contributed by atoms with E-state index >= 15 is 0 Å². The Morgan fingerprint density at radius 3 is 2.82 bits per heavy atom. The molecule has 1 aliphatic rings. The zero-order valence-corrected chi connectivity index (χ0v) is 19.4. The Kier molecular flexibility index (Phi) is 4.92. The van der Waals surface area contributed by atoms with Gasteiger partial charge >= 0.3 is 6.09 Å². The van der Waals surface area contributed by atoms with E-state index in [1.807, 2.05) is 32.9 Å². The first kappa shape index (κ1) is 19.7. The minimum atomic E-state index is -0.508. The van der Waals surface area contributed by atoms with E-state index in [9.17, 15) is 4.79 Å². The number of carbonyl (C=O) groups excluding carboxylic acids is 1. The molecule has 2 N–H and O–H groups in total. The van der Waals surface area contributed by atoms with E-state index in [1.165, 1.54) is 5.56 Å². The highest BCUT2D eigenvalue weighted by molar-refractivity contribution is 9.10. The molecule has 148 valence electrons. The maximum atomic E-state index is 12.6. The second-order valence-electron chi connectivity index (χ2n) is 8.04. The van der Waals surface area contributed by atoms with Gasteiger partial charge in [-0.15, -0.1) is 22.7 Å². The number of hydrogen-bond donors (Lipinski definition) is 1. The second kappa shape index (κ2) is 7.00. The van der Waals surface area contributed by atoms with Gasteiger partial charge in [0, 0.05) is 21.0 Å². The molecule has 5 nitrogen and oxygen atoms in total. The number of amides is 1. The fourth-order valence-corrected chi connectivity index (χ4v) is 5.95. The number of hydrogen-bond acceptors (Lipinski definition) is 6. The third kappa shape index (κ3) is 3.65. The fraction of sp³-hybridized carbons (Fsp3) is 0.400. The number of nitrogens with zero attached hydrogens (tertiary/aromatic N) is 2. The molecule has 2 aromatic heterocycles. The number of thiazole rings is 1. The standard InChI is InChI=1S/C20H22BrN3O2S2/c1-10-7-12-15(9-24(10)19(25)26-20(2,3)4)27-17(22)16(12)18-23-13-8-11(21)5-6-14(13)28-18/h5-6,8,10H,7,9,22H2,1-4H3. The highest BCUT2D eigenvalue weighted by Gasteiger charge is 2.34. The van der Waals surface area contributed by atoms with Crippen molar-refractivity contribution >= 4 is 59.9 Å². The average molecular weight is 480 g/mol. The van der Waals surface area contributed by atoms with Crippen molar-refractivity contribution in [1.29, 1.82) is 0 Å². The molecule has 0 spiro atoms. The quantitative estimate of drug-likeness (QED) is 0.460. The number of nitrogen functional groups attached to an aromatic ring is 1. The van der Waals surface area contributed by atoms with Crippen LogP contribution in [-0.4, -0.2) is 27.6 Å². The Morgan fingerprint density at radius 2 is 2.11 bits per heavy atom. The van der Waals surface area contributed by atoms with Gasteiger partial charge in [0.25, 0.3) is 0 Å². The number of rotatable bonds is 1. The molecule has 8 heteroatoms. The van der Waals surface area contributed by atoms with Crippen molar-refractivity contribution < 1.29 is 9.53 Å². The Labute approximate surface area is 180 Å². The summed E-state index contributed by atoms with van der Waals surface area (Å²) < 4.78 is 7.73. The van der Waals surface area contributed by atoms with Crippen LogP contribution in [0.5, 0.6) is 0 Å². The fourth-order valence-electron chi connectivity index (χ4n) is 3.40. The molecule has 0 aliphatic carbocycles. The summed E-state index contributed by atoms with van der Waals surface area (Å²) in [6.45, 7) is 8.24. The van der Waals surface area contributed by atoms with Gasteiger partial charge in [-0.05, 0) is 57.9 Å². The van der Waals surface area contributed by atoms with Crippen molar-refractivity contribution in [3.05, 3.63) is 33.1 Å². The number of aromatic nitrogens is 1. The van der Waals surface area contributed by atoms with Gasteiger partial charge in [-0.25, -0.2) is 9.78 Å². The predicted octanol–water partition coefficient (Wildman–Crippen LogP) is 6.05. The van der Waals surface area contributed by atoms with Crippen molar-refractivity contribution in [3.63, 3.8) is 0 Å². The molecule has 4 rings (SSSR count). The zero-order chi connectivity index (χ0) is 20.2. The number of nitrogens with two attached hydrogens (primary N) is 1. The molecule has 0 fully saturated rings. The third-order valence-corrected chi connectivity index (χ3v) is 7.25.